The van der Waals surface area contributed by atoms with Gasteiger partial charge in [0.15, 0.2) is 0 Å². The highest BCUT2D eigenvalue weighted by atomic mass is 16.6. The van der Waals surface area contributed by atoms with Crippen LogP contribution in [0.1, 0.15) is 33.2 Å². The van der Waals surface area contributed by atoms with Gasteiger partial charge in [-0.3, -0.25) is 15.1 Å². The number of H-pyrrole nitrogens is 1. The van der Waals surface area contributed by atoms with Gasteiger partial charge < -0.3 is 20.1 Å². The van der Waals surface area contributed by atoms with Crippen LogP contribution in [0.5, 0.6) is 0 Å². The topological polar surface area (TPSA) is 180 Å². The largest absolute Gasteiger partial charge is 0.460 e. The monoisotopic (exact) mass is 499 g/mol. The second-order valence-corrected chi connectivity index (χ2v) is 7.76. The Morgan fingerprint density at radius 1 is 1.19 bits per heavy atom. The Labute approximate surface area is 210 Å². The maximum Gasteiger partial charge on any atom is 0.342 e. The van der Waals surface area contributed by atoms with E-state index in [0.29, 0.717) is 16.8 Å². The van der Waals surface area contributed by atoms with Gasteiger partial charge in [0.1, 0.15) is 18.4 Å². The lowest BCUT2D eigenvalue weighted by molar-refractivity contribution is -0.385. The van der Waals surface area contributed by atoms with Crippen LogP contribution in [-0.4, -0.2) is 55.7 Å². The van der Waals surface area contributed by atoms with Crippen LogP contribution in [0, 0.1) is 21.4 Å². The molecule has 3 N–H and O–H groups in total. The van der Waals surface area contributed by atoms with E-state index in [1.165, 1.54) is 18.5 Å². The number of hydrogen-bond acceptors (Lipinski definition) is 10. The molecule has 37 heavy (non-hydrogen) atoms. The molecule has 4 aromatic rings. The van der Waals surface area contributed by atoms with E-state index in [0.717, 1.165) is 5.69 Å². The number of nitrogens with zero attached hydrogens (tertiary/aromatic N) is 5. The Kier molecular flexibility index (Phi) is 7.77. The van der Waals surface area contributed by atoms with Crippen LogP contribution in [0.2, 0.25) is 0 Å². The van der Waals surface area contributed by atoms with Gasteiger partial charge in [-0.15, -0.1) is 0 Å². The smallest absolute Gasteiger partial charge is 0.342 e. The van der Waals surface area contributed by atoms with Gasteiger partial charge in [0.2, 0.25) is 5.95 Å². The van der Waals surface area contributed by atoms with Crippen molar-refractivity contribution in [2.45, 2.75) is 5.92 Å². The number of ether oxygens (including phenoxy) is 1. The fourth-order valence-electron chi connectivity index (χ4n) is 3.59. The number of aliphatic hydroxyl groups excluding tert-OH is 1. The summed E-state index contributed by atoms with van der Waals surface area (Å²) in [6, 6.07) is 15.3. The normalized spacial score (nSPS) is 11.4. The van der Waals surface area contributed by atoms with Crippen molar-refractivity contribution >= 4 is 17.6 Å². The molecule has 0 aliphatic rings. The maximum absolute atomic E-state index is 12.6. The number of carbonyl (C=O) groups excluding carboxylic acids is 1. The molecule has 0 fully saturated rings. The molecule has 1 unspecified atom stereocenters. The Hall–Kier alpha value is -5.15. The van der Waals surface area contributed by atoms with Gasteiger partial charge in [0, 0.05) is 36.3 Å². The van der Waals surface area contributed by atoms with E-state index < -0.39 is 10.9 Å². The Morgan fingerprint density at radius 2 is 2.00 bits per heavy atom. The summed E-state index contributed by atoms with van der Waals surface area (Å²) in [4.78, 5) is 39.2. The van der Waals surface area contributed by atoms with E-state index in [1.54, 1.807) is 36.5 Å². The summed E-state index contributed by atoms with van der Waals surface area (Å²) in [5.41, 5.74) is 2.71. The molecule has 1 atom stereocenters. The molecule has 0 aliphatic heterocycles. The lowest BCUT2D eigenvalue weighted by atomic mass is 10.0. The molecule has 1 aromatic carbocycles. The van der Waals surface area contributed by atoms with Crippen molar-refractivity contribution in [2.24, 2.45) is 0 Å². The predicted molar refractivity (Wildman–Crippen MR) is 132 cm³/mol. The highest BCUT2D eigenvalue weighted by molar-refractivity contribution is 5.96. The van der Waals surface area contributed by atoms with Gasteiger partial charge in [-0.2, -0.15) is 5.26 Å². The first-order chi connectivity index (χ1) is 18.0. The molecule has 3 heterocycles. The highest BCUT2D eigenvalue weighted by Crippen LogP contribution is 2.26. The summed E-state index contributed by atoms with van der Waals surface area (Å²) < 4.78 is 5.05. The minimum absolute atomic E-state index is 0.0988. The average molecular weight is 499 g/mol. The molecule has 0 radical (unpaired) electrons. The summed E-state index contributed by atoms with van der Waals surface area (Å²) >= 11 is 0. The molecule has 0 aliphatic carbocycles. The number of aromatic amines is 1. The first-order valence-electron chi connectivity index (χ1n) is 11.1. The van der Waals surface area contributed by atoms with Crippen LogP contribution in [0.4, 0.5) is 11.6 Å². The third-order valence-electron chi connectivity index (χ3n) is 5.42. The first kappa shape index (κ1) is 25.0. The van der Waals surface area contributed by atoms with Gasteiger partial charge in [-0.25, -0.2) is 14.8 Å². The minimum atomic E-state index is -0.695. The molecule has 0 saturated heterocycles. The van der Waals surface area contributed by atoms with E-state index in [9.17, 15) is 14.9 Å². The Bertz CT molecular complexity index is 1420. The van der Waals surface area contributed by atoms with Gasteiger partial charge in [-0.05, 0) is 30.3 Å². The second kappa shape index (κ2) is 11.5. The fourth-order valence-corrected chi connectivity index (χ4v) is 3.59. The number of pyridine rings is 1. The van der Waals surface area contributed by atoms with Crippen molar-refractivity contribution in [3.63, 3.8) is 0 Å². The number of carbonyl (C=O) groups is 1. The van der Waals surface area contributed by atoms with Crippen molar-refractivity contribution in [3.8, 4) is 17.3 Å². The van der Waals surface area contributed by atoms with Crippen molar-refractivity contribution in [1.29, 1.82) is 5.26 Å². The zero-order valence-electron chi connectivity index (χ0n) is 19.4. The molecule has 0 saturated carbocycles. The number of nitrogens with one attached hydrogen (secondary N) is 2. The lowest BCUT2D eigenvalue weighted by Crippen LogP contribution is -2.18. The number of esters is 1. The van der Waals surface area contributed by atoms with Crippen molar-refractivity contribution in [1.82, 2.24) is 19.9 Å². The number of aliphatic hydroxyl groups is 1. The third kappa shape index (κ3) is 5.92. The van der Waals surface area contributed by atoms with Crippen molar-refractivity contribution in [2.75, 3.05) is 25.1 Å². The molecule has 0 amide bonds. The van der Waals surface area contributed by atoms with Crippen LogP contribution in [0.25, 0.3) is 11.3 Å². The van der Waals surface area contributed by atoms with Crippen molar-refractivity contribution in [3.05, 3.63) is 99.8 Å². The molecular weight excluding hydrogens is 478 g/mol. The van der Waals surface area contributed by atoms with E-state index >= 15 is 0 Å². The minimum Gasteiger partial charge on any atom is -0.460 e. The highest BCUT2D eigenvalue weighted by Gasteiger charge is 2.21. The number of nitro groups is 1. The molecule has 3 aromatic heterocycles. The number of aromatic nitrogens is 4. The molecule has 186 valence electrons. The lowest BCUT2D eigenvalue weighted by Gasteiger charge is -2.17. The van der Waals surface area contributed by atoms with E-state index in [-0.39, 0.29) is 48.6 Å². The second-order valence-electron chi connectivity index (χ2n) is 7.76. The van der Waals surface area contributed by atoms with Crippen LogP contribution >= 0.6 is 0 Å². The van der Waals surface area contributed by atoms with Crippen LogP contribution in [0.15, 0.2) is 67.1 Å². The maximum atomic E-state index is 12.6. The number of nitriles is 1. The van der Waals surface area contributed by atoms with Gasteiger partial charge in [-0.1, -0.05) is 12.1 Å². The van der Waals surface area contributed by atoms with Crippen LogP contribution < -0.4 is 5.32 Å². The summed E-state index contributed by atoms with van der Waals surface area (Å²) in [6.45, 7) is -0.215. The SMILES string of the molecule is N#Cc1ccc(-c2nc(NCC(c3ccc([N+](=O)[O-])cn3)c3ccc[nH]3)ncc2C(=O)OCCO)cc1. The molecule has 0 bridgehead atoms. The van der Waals surface area contributed by atoms with Crippen molar-refractivity contribution < 1.29 is 19.6 Å². The molecular formula is C25H21N7O5. The third-order valence-corrected chi connectivity index (χ3v) is 5.42. The number of benzene rings is 1. The van der Waals surface area contributed by atoms with E-state index in [2.05, 4.69) is 25.3 Å². The molecule has 12 heteroatoms. The summed E-state index contributed by atoms with van der Waals surface area (Å²) in [5, 5.41) is 32.3. The van der Waals surface area contributed by atoms with Crippen LogP contribution in [-0.2, 0) is 4.74 Å². The predicted octanol–water partition coefficient (Wildman–Crippen LogP) is 3.04. The standard InChI is InChI=1S/C25H21N7O5/c26-12-16-3-5-17(6-4-16)23-20(24(34)37-11-10-33)15-30-25(31-23)29-14-19(21-2-1-9-27-21)22-8-7-18(13-28-22)32(35)36/h1-9,13,15,19,27,33H,10-11,14H2,(H,29,30,31). The molecule has 4 rings (SSSR count). The Balaban J connectivity index is 1.63. The summed E-state index contributed by atoms with van der Waals surface area (Å²) in [7, 11) is 0. The first-order valence-corrected chi connectivity index (χ1v) is 11.1. The number of anilines is 1. The van der Waals surface area contributed by atoms with E-state index in [1.807, 2.05) is 18.2 Å². The zero-order valence-corrected chi connectivity index (χ0v) is 19.4. The molecule has 12 nitrogen and oxygen atoms in total. The average Bonchev–Trinajstić information content (AvgIpc) is 3.47. The number of hydrogen-bond donors (Lipinski definition) is 3. The van der Waals surface area contributed by atoms with Gasteiger partial charge in [0.05, 0.1) is 40.5 Å². The molecule has 0 spiro atoms. The van der Waals surface area contributed by atoms with Gasteiger partial charge in [0.25, 0.3) is 5.69 Å². The van der Waals surface area contributed by atoms with E-state index in [4.69, 9.17) is 15.1 Å². The quantitative estimate of drug-likeness (QED) is 0.167. The zero-order chi connectivity index (χ0) is 26.2. The number of rotatable bonds is 10. The Morgan fingerprint density at radius 3 is 2.62 bits per heavy atom. The van der Waals surface area contributed by atoms with Gasteiger partial charge >= 0.3 is 5.97 Å². The summed E-state index contributed by atoms with van der Waals surface area (Å²) in [6.07, 6.45) is 4.30. The fraction of sp³-hybridized carbons (Fsp3) is 0.160. The summed E-state index contributed by atoms with van der Waals surface area (Å²) in [5.74, 6) is -0.789. The van der Waals surface area contributed by atoms with Crippen LogP contribution in [0.3, 0.4) is 0 Å².